The normalized spacial score (nSPS) is 18.9. The van der Waals surface area contributed by atoms with E-state index < -0.39 is 10.0 Å². The number of furan rings is 1. The molecule has 1 aromatic rings. The average molecular weight is 215 g/mol. The molecular formula is C9H13NO3S. The minimum Gasteiger partial charge on any atom is -0.449 e. The Hall–Kier alpha value is -0.810. The van der Waals surface area contributed by atoms with Gasteiger partial charge in [0.15, 0.2) is 0 Å². The molecule has 1 aromatic heterocycles. The molecule has 0 amide bonds. The fourth-order valence-electron chi connectivity index (χ4n) is 1.61. The molecule has 0 radical (unpaired) electrons. The standard InChI is InChI=1S/C9H13NO3S/c1-8-4-5-9(13-8)14(11,12)10-6-2-3-7-10/h4-5H,2-3,6-7H2,1H3. The van der Waals surface area contributed by atoms with E-state index >= 15 is 0 Å². The molecular weight excluding hydrogens is 202 g/mol. The van der Waals surface area contributed by atoms with Crippen molar-refractivity contribution in [3.63, 3.8) is 0 Å². The molecule has 0 atom stereocenters. The number of aryl methyl sites for hydroxylation is 1. The van der Waals surface area contributed by atoms with Crippen molar-refractivity contribution in [2.24, 2.45) is 0 Å². The highest BCUT2D eigenvalue weighted by Crippen LogP contribution is 2.22. The van der Waals surface area contributed by atoms with Crippen molar-refractivity contribution in [1.82, 2.24) is 4.31 Å². The molecule has 0 N–H and O–H groups in total. The summed E-state index contributed by atoms with van der Waals surface area (Å²) < 4.78 is 30.4. The van der Waals surface area contributed by atoms with Crippen LogP contribution in [0.2, 0.25) is 0 Å². The van der Waals surface area contributed by atoms with Crippen LogP contribution < -0.4 is 0 Å². The SMILES string of the molecule is Cc1ccc(S(=O)(=O)N2CCCC2)o1. The van der Waals surface area contributed by atoms with Gasteiger partial charge in [0.05, 0.1) is 0 Å². The molecule has 14 heavy (non-hydrogen) atoms. The fourth-order valence-corrected chi connectivity index (χ4v) is 3.08. The number of sulfonamides is 1. The van der Waals surface area contributed by atoms with E-state index in [-0.39, 0.29) is 5.09 Å². The van der Waals surface area contributed by atoms with Gasteiger partial charge in [-0.3, -0.25) is 0 Å². The van der Waals surface area contributed by atoms with Crippen molar-refractivity contribution >= 4 is 10.0 Å². The number of nitrogens with zero attached hydrogens (tertiary/aromatic N) is 1. The molecule has 4 nitrogen and oxygen atoms in total. The lowest BCUT2D eigenvalue weighted by Crippen LogP contribution is -2.27. The molecule has 0 unspecified atom stereocenters. The van der Waals surface area contributed by atoms with Crippen LogP contribution in [0.5, 0.6) is 0 Å². The third-order valence-corrected chi connectivity index (χ3v) is 4.15. The minimum absolute atomic E-state index is 0.0666. The molecule has 78 valence electrons. The van der Waals surface area contributed by atoms with Crippen LogP contribution in [-0.4, -0.2) is 25.8 Å². The molecule has 0 bridgehead atoms. The fraction of sp³-hybridized carbons (Fsp3) is 0.556. The minimum atomic E-state index is -3.35. The van der Waals surface area contributed by atoms with Crippen molar-refractivity contribution in [2.75, 3.05) is 13.1 Å². The van der Waals surface area contributed by atoms with Crippen LogP contribution in [0, 0.1) is 6.92 Å². The van der Waals surface area contributed by atoms with Gasteiger partial charge in [0.2, 0.25) is 5.09 Å². The highest BCUT2D eigenvalue weighted by atomic mass is 32.2. The van der Waals surface area contributed by atoms with Gasteiger partial charge in [-0.25, -0.2) is 8.42 Å². The zero-order valence-electron chi connectivity index (χ0n) is 8.06. The Labute approximate surface area is 83.6 Å². The van der Waals surface area contributed by atoms with Gasteiger partial charge < -0.3 is 4.42 Å². The van der Waals surface area contributed by atoms with Gasteiger partial charge in [-0.05, 0) is 31.9 Å². The second kappa shape index (κ2) is 3.40. The Bertz CT molecular complexity index is 415. The maximum Gasteiger partial charge on any atom is 0.276 e. The third kappa shape index (κ3) is 1.57. The van der Waals surface area contributed by atoms with Gasteiger partial charge in [-0.2, -0.15) is 4.31 Å². The molecule has 2 rings (SSSR count). The number of hydrogen-bond donors (Lipinski definition) is 0. The lowest BCUT2D eigenvalue weighted by atomic mass is 10.4. The van der Waals surface area contributed by atoms with E-state index in [9.17, 15) is 8.42 Å². The second-order valence-corrected chi connectivity index (χ2v) is 5.35. The zero-order valence-corrected chi connectivity index (χ0v) is 8.88. The first-order valence-corrected chi connectivity index (χ1v) is 6.11. The zero-order chi connectivity index (χ0) is 10.2. The van der Waals surface area contributed by atoms with E-state index in [0.29, 0.717) is 18.8 Å². The predicted molar refractivity (Wildman–Crippen MR) is 51.4 cm³/mol. The first kappa shape index (κ1) is 9.73. The molecule has 0 aliphatic carbocycles. The average Bonchev–Trinajstić information content (AvgIpc) is 2.72. The van der Waals surface area contributed by atoms with Crippen molar-refractivity contribution in [3.05, 3.63) is 17.9 Å². The summed E-state index contributed by atoms with van der Waals surface area (Å²) >= 11 is 0. The van der Waals surface area contributed by atoms with Crippen LogP contribution in [0.1, 0.15) is 18.6 Å². The van der Waals surface area contributed by atoms with Crippen molar-refractivity contribution in [2.45, 2.75) is 24.9 Å². The molecule has 1 aliphatic heterocycles. The Morgan fingerprint density at radius 1 is 1.29 bits per heavy atom. The molecule has 2 heterocycles. The van der Waals surface area contributed by atoms with Gasteiger partial charge in [-0.1, -0.05) is 0 Å². The third-order valence-electron chi connectivity index (χ3n) is 2.37. The molecule has 0 aromatic carbocycles. The molecule has 5 heteroatoms. The lowest BCUT2D eigenvalue weighted by molar-refractivity contribution is 0.398. The van der Waals surface area contributed by atoms with Crippen LogP contribution in [-0.2, 0) is 10.0 Å². The van der Waals surface area contributed by atoms with Crippen molar-refractivity contribution < 1.29 is 12.8 Å². The highest BCUT2D eigenvalue weighted by molar-refractivity contribution is 7.89. The van der Waals surface area contributed by atoms with Crippen LogP contribution in [0.15, 0.2) is 21.6 Å². The summed E-state index contributed by atoms with van der Waals surface area (Å²) in [6.45, 7) is 2.97. The van der Waals surface area contributed by atoms with Crippen molar-refractivity contribution in [1.29, 1.82) is 0 Å². The van der Waals surface area contributed by atoms with E-state index in [1.807, 2.05) is 0 Å². The largest absolute Gasteiger partial charge is 0.449 e. The smallest absolute Gasteiger partial charge is 0.276 e. The van der Waals surface area contributed by atoms with Gasteiger partial charge in [-0.15, -0.1) is 0 Å². The molecule has 1 saturated heterocycles. The molecule has 1 aliphatic rings. The van der Waals surface area contributed by atoms with Crippen molar-refractivity contribution in [3.8, 4) is 0 Å². The maximum atomic E-state index is 11.9. The molecule has 0 spiro atoms. The Morgan fingerprint density at radius 3 is 2.43 bits per heavy atom. The molecule has 0 saturated carbocycles. The van der Waals surface area contributed by atoms with Gasteiger partial charge >= 0.3 is 0 Å². The summed E-state index contributed by atoms with van der Waals surface area (Å²) in [5.41, 5.74) is 0. The Morgan fingerprint density at radius 2 is 1.93 bits per heavy atom. The monoisotopic (exact) mass is 215 g/mol. The Balaban J connectivity index is 2.32. The van der Waals surface area contributed by atoms with Gasteiger partial charge in [0.25, 0.3) is 10.0 Å². The Kier molecular flexibility index (Phi) is 2.36. The first-order valence-electron chi connectivity index (χ1n) is 4.67. The topological polar surface area (TPSA) is 50.5 Å². The summed E-state index contributed by atoms with van der Waals surface area (Å²) in [4.78, 5) is 0. The van der Waals surface area contributed by atoms with E-state index in [0.717, 1.165) is 12.8 Å². The van der Waals surface area contributed by atoms with Crippen LogP contribution >= 0.6 is 0 Å². The maximum absolute atomic E-state index is 11.9. The lowest BCUT2D eigenvalue weighted by Gasteiger charge is -2.12. The van der Waals surface area contributed by atoms with Crippen LogP contribution in [0.3, 0.4) is 0 Å². The summed E-state index contributed by atoms with van der Waals surface area (Å²) in [7, 11) is -3.35. The molecule has 1 fully saturated rings. The summed E-state index contributed by atoms with van der Waals surface area (Å²) in [6, 6.07) is 3.19. The number of rotatable bonds is 2. The highest BCUT2D eigenvalue weighted by Gasteiger charge is 2.29. The van der Waals surface area contributed by atoms with E-state index in [2.05, 4.69) is 0 Å². The van der Waals surface area contributed by atoms with Gasteiger partial charge in [0.1, 0.15) is 5.76 Å². The van der Waals surface area contributed by atoms with E-state index in [1.165, 1.54) is 10.4 Å². The quantitative estimate of drug-likeness (QED) is 0.748. The van der Waals surface area contributed by atoms with E-state index in [1.54, 1.807) is 13.0 Å². The number of hydrogen-bond acceptors (Lipinski definition) is 3. The second-order valence-electron chi connectivity index (χ2n) is 3.48. The van der Waals surface area contributed by atoms with Crippen LogP contribution in [0.25, 0.3) is 0 Å². The van der Waals surface area contributed by atoms with Crippen LogP contribution in [0.4, 0.5) is 0 Å². The summed E-state index contributed by atoms with van der Waals surface area (Å²) in [5, 5.41) is 0.0666. The van der Waals surface area contributed by atoms with E-state index in [4.69, 9.17) is 4.42 Å². The summed E-state index contributed by atoms with van der Waals surface area (Å²) in [6.07, 6.45) is 1.89. The summed E-state index contributed by atoms with van der Waals surface area (Å²) in [5.74, 6) is 0.628. The van der Waals surface area contributed by atoms with Gasteiger partial charge in [0, 0.05) is 13.1 Å². The first-order chi connectivity index (χ1) is 6.60. The predicted octanol–water partition coefficient (Wildman–Crippen LogP) is 1.37.